The fraction of sp³-hybridized carbons (Fsp3) is 0.538. The second-order valence-corrected chi connectivity index (χ2v) is 4.47. The van der Waals surface area contributed by atoms with E-state index in [2.05, 4.69) is 25.1 Å². The van der Waals surface area contributed by atoms with Crippen molar-refractivity contribution in [3.05, 3.63) is 29.8 Å². The van der Waals surface area contributed by atoms with Crippen molar-refractivity contribution in [2.24, 2.45) is 11.7 Å². The Labute approximate surface area is 91.4 Å². The van der Waals surface area contributed by atoms with Gasteiger partial charge in [0.1, 0.15) is 11.9 Å². The topological polar surface area (TPSA) is 35.2 Å². The number of nitrogens with two attached hydrogens (primary N) is 1. The van der Waals surface area contributed by atoms with Gasteiger partial charge in [0.05, 0.1) is 0 Å². The fourth-order valence-corrected chi connectivity index (χ4v) is 2.00. The first kappa shape index (κ1) is 10.5. The van der Waals surface area contributed by atoms with Crippen molar-refractivity contribution in [3.63, 3.8) is 0 Å². The molecule has 0 saturated carbocycles. The van der Waals surface area contributed by atoms with Crippen LogP contribution in [0.5, 0.6) is 5.75 Å². The molecule has 1 aliphatic rings. The number of hydrogen-bond acceptors (Lipinski definition) is 2. The summed E-state index contributed by atoms with van der Waals surface area (Å²) in [5, 5.41) is 0. The number of rotatable bonds is 4. The van der Waals surface area contributed by atoms with Gasteiger partial charge in [0, 0.05) is 6.42 Å². The normalized spacial score (nSPS) is 20.8. The Morgan fingerprint density at radius 2 is 2.27 bits per heavy atom. The van der Waals surface area contributed by atoms with E-state index >= 15 is 0 Å². The highest BCUT2D eigenvalue weighted by atomic mass is 16.5. The Kier molecular flexibility index (Phi) is 3.27. The largest absolute Gasteiger partial charge is 0.490 e. The first-order valence-corrected chi connectivity index (χ1v) is 5.74. The third-order valence-electron chi connectivity index (χ3n) is 3.10. The molecule has 1 aromatic rings. The highest BCUT2D eigenvalue weighted by Crippen LogP contribution is 2.30. The van der Waals surface area contributed by atoms with Gasteiger partial charge in [-0.1, -0.05) is 25.1 Å². The van der Waals surface area contributed by atoms with Crippen LogP contribution in [0.3, 0.4) is 0 Å². The number of ether oxygens (including phenoxy) is 1. The van der Waals surface area contributed by atoms with E-state index < -0.39 is 0 Å². The predicted octanol–water partition coefficient (Wildman–Crippen LogP) is 2.37. The summed E-state index contributed by atoms with van der Waals surface area (Å²) in [6, 6.07) is 8.32. The van der Waals surface area contributed by atoms with Crippen molar-refractivity contribution in [1.29, 1.82) is 0 Å². The zero-order chi connectivity index (χ0) is 10.7. The van der Waals surface area contributed by atoms with Crippen LogP contribution in [-0.2, 0) is 6.42 Å². The van der Waals surface area contributed by atoms with Crippen LogP contribution in [0.15, 0.2) is 24.3 Å². The van der Waals surface area contributed by atoms with Crippen molar-refractivity contribution in [1.82, 2.24) is 0 Å². The molecule has 0 saturated heterocycles. The lowest BCUT2D eigenvalue weighted by Crippen LogP contribution is -2.17. The Morgan fingerprint density at radius 1 is 1.47 bits per heavy atom. The van der Waals surface area contributed by atoms with Gasteiger partial charge in [-0.2, -0.15) is 0 Å². The molecule has 1 heterocycles. The van der Waals surface area contributed by atoms with E-state index in [9.17, 15) is 0 Å². The summed E-state index contributed by atoms with van der Waals surface area (Å²) < 4.78 is 5.86. The summed E-state index contributed by atoms with van der Waals surface area (Å²) in [6.45, 7) is 2.97. The van der Waals surface area contributed by atoms with Crippen LogP contribution in [-0.4, -0.2) is 12.6 Å². The Bertz CT molecular complexity index is 299. The van der Waals surface area contributed by atoms with E-state index in [0.717, 1.165) is 31.6 Å². The smallest absolute Gasteiger partial charge is 0.123 e. The number of para-hydroxylation sites is 1. The molecule has 1 aromatic carbocycles. The molecule has 1 aliphatic heterocycles. The predicted molar refractivity (Wildman–Crippen MR) is 62.0 cm³/mol. The molecule has 0 aliphatic carbocycles. The Hall–Kier alpha value is -1.02. The van der Waals surface area contributed by atoms with Gasteiger partial charge in [-0.3, -0.25) is 0 Å². The van der Waals surface area contributed by atoms with Crippen molar-refractivity contribution < 1.29 is 4.74 Å². The molecule has 2 unspecified atom stereocenters. The van der Waals surface area contributed by atoms with Crippen molar-refractivity contribution in [2.45, 2.75) is 32.3 Å². The van der Waals surface area contributed by atoms with Crippen LogP contribution in [0.4, 0.5) is 0 Å². The van der Waals surface area contributed by atoms with Gasteiger partial charge in [-0.15, -0.1) is 0 Å². The highest BCUT2D eigenvalue weighted by Gasteiger charge is 2.22. The number of fused-ring (bicyclic) bond motifs is 1. The molecule has 2 N–H and O–H groups in total. The molecular weight excluding hydrogens is 186 g/mol. The number of benzene rings is 1. The first-order valence-electron chi connectivity index (χ1n) is 5.74. The van der Waals surface area contributed by atoms with Gasteiger partial charge >= 0.3 is 0 Å². The molecule has 0 amide bonds. The standard InChI is InChI=1S/C13H19NO/c1-10(9-14)6-7-12-8-11-4-2-3-5-13(11)15-12/h2-5,10,12H,6-9,14H2,1H3. The third-order valence-corrected chi connectivity index (χ3v) is 3.10. The minimum absolute atomic E-state index is 0.372. The van der Waals surface area contributed by atoms with Gasteiger partial charge in [0.2, 0.25) is 0 Å². The summed E-state index contributed by atoms with van der Waals surface area (Å²) in [6.07, 6.45) is 3.71. The summed E-state index contributed by atoms with van der Waals surface area (Å²) in [5.41, 5.74) is 6.95. The molecule has 2 heteroatoms. The molecule has 82 valence electrons. The van der Waals surface area contributed by atoms with Gasteiger partial charge in [-0.25, -0.2) is 0 Å². The van der Waals surface area contributed by atoms with E-state index in [0.29, 0.717) is 12.0 Å². The maximum Gasteiger partial charge on any atom is 0.123 e. The SMILES string of the molecule is CC(CN)CCC1Cc2ccccc2O1. The summed E-state index contributed by atoms with van der Waals surface area (Å²) in [5.74, 6) is 1.68. The maximum absolute atomic E-state index is 5.86. The molecule has 0 bridgehead atoms. The average molecular weight is 205 g/mol. The third kappa shape index (κ3) is 2.51. The van der Waals surface area contributed by atoms with Gasteiger partial charge in [-0.05, 0) is 36.9 Å². The molecule has 0 radical (unpaired) electrons. The average Bonchev–Trinajstić information content (AvgIpc) is 2.68. The van der Waals surface area contributed by atoms with Crippen LogP contribution >= 0.6 is 0 Å². The minimum atomic E-state index is 0.372. The molecule has 2 nitrogen and oxygen atoms in total. The lowest BCUT2D eigenvalue weighted by atomic mass is 10.0. The van der Waals surface area contributed by atoms with Crippen LogP contribution in [0.2, 0.25) is 0 Å². The van der Waals surface area contributed by atoms with Gasteiger partial charge in [0.25, 0.3) is 0 Å². The van der Waals surface area contributed by atoms with Crippen molar-refractivity contribution in [2.75, 3.05) is 6.54 Å². The maximum atomic E-state index is 5.86. The molecular formula is C13H19NO. The molecule has 0 spiro atoms. The van der Waals surface area contributed by atoms with E-state index in [1.807, 2.05) is 6.07 Å². The van der Waals surface area contributed by atoms with E-state index in [1.54, 1.807) is 0 Å². The fourth-order valence-electron chi connectivity index (χ4n) is 2.00. The zero-order valence-corrected chi connectivity index (χ0v) is 9.28. The van der Waals surface area contributed by atoms with E-state index in [-0.39, 0.29) is 0 Å². The van der Waals surface area contributed by atoms with Gasteiger partial charge in [0.15, 0.2) is 0 Å². The minimum Gasteiger partial charge on any atom is -0.490 e. The highest BCUT2D eigenvalue weighted by molar-refractivity contribution is 5.37. The molecule has 0 aromatic heterocycles. The van der Waals surface area contributed by atoms with E-state index in [1.165, 1.54) is 5.56 Å². The van der Waals surface area contributed by atoms with Crippen LogP contribution in [0, 0.1) is 5.92 Å². The van der Waals surface area contributed by atoms with Crippen LogP contribution in [0.25, 0.3) is 0 Å². The van der Waals surface area contributed by atoms with Crippen LogP contribution < -0.4 is 10.5 Å². The Balaban J connectivity index is 1.85. The summed E-state index contributed by atoms with van der Waals surface area (Å²) >= 11 is 0. The van der Waals surface area contributed by atoms with Crippen molar-refractivity contribution in [3.8, 4) is 5.75 Å². The molecule has 15 heavy (non-hydrogen) atoms. The lowest BCUT2D eigenvalue weighted by molar-refractivity contribution is 0.210. The summed E-state index contributed by atoms with van der Waals surface area (Å²) in [7, 11) is 0. The number of hydrogen-bond donors (Lipinski definition) is 1. The summed E-state index contributed by atoms with van der Waals surface area (Å²) in [4.78, 5) is 0. The monoisotopic (exact) mass is 205 g/mol. The molecule has 2 atom stereocenters. The zero-order valence-electron chi connectivity index (χ0n) is 9.28. The van der Waals surface area contributed by atoms with Gasteiger partial charge < -0.3 is 10.5 Å². The Morgan fingerprint density at radius 3 is 3.00 bits per heavy atom. The molecule has 0 fully saturated rings. The second-order valence-electron chi connectivity index (χ2n) is 4.47. The van der Waals surface area contributed by atoms with E-state index in [4.69, 9.17) is 10.5 Å². The second kappa shape index (κ2) is 4.67. The molecule has 2 rings (SSSR count). The first-order chi connectivity index (χ1) is 7.29. The quantitative estimate of drug-likeness (QED) is 0.819. The van der Waals surface area contributed by atoms with Crippen molar-refractivity contribution >= 4 is 0 Å². The van der Waals surface area contributed by atoms with Crippen LogP contribution in [0.1, 0.15) is 25.3 Å². The lowest BCUT2D eigenvalue weighted by Gasteiger charge is -2.13.